The van der Waals surface area contributed by atoms with Gasteiger partial charge in [0.1, 0.15) is 0 Å². The predicted molar refractivity (Wildman–Crippen MR) is 74.1 cm³/mol. The summed E-state index contributed by atoms with van der Waals surface area (Å²) < 4.78 is 0. The predicted octanol–water partition coefficient (Wildman–Crippen LogP) is 3.34. The van der Waals surface area contributed by atoms with Crippen molar-refractivity contribution in [3.8, 4) is 0 Å². The number of hydrogen-bond acceptors (Lipinski definition) is 2. The first-order chi connectivity index (χ1) is 7.97. The van der Waals surface area contributed by atoms with Crippen LogP contribution in [0.3, 0.4) is 0 Å². The smallest absolute Gasteiger partial charge is 0.0446 e. The molecule has 1 aliphatic carbocycles. The molecule has 2 nitrogen and oxygen atoms in total. The number of hydrogen-bond donors (Lipinski definition) is 2. The van der Waals surface area contributed by atoms with Gasteiger partial charge in [-0.2, -0.15) is 0 Å². The molecule has 0 amide bonds. The van der Waals surface area contributed by atoms with Crippen LogP contribution >= 0.6 is 0 Å². The van der Waals surface area contributed by atoms with Crippen molar-refractivity contribution in [2.24, 2.45) is 11.3 Å². The molecule has 1 aliphatic rings. The topological polar surface area (TPSA) is 32.3 Å². The van der Waals surface area contributed by atoms with E-state index in [4.69, 9.17) is 5.11 Å². The standard InChI is InChI=1S/C15H31NO/c1-5-12-6-8-13(9-7-12)16-14(10-11-17)15(2,3)4/h12-14,16-17H,5-11H2,1-4H3. The van der Waals surface area contributed by atoms with Crippen molar-refractivity contribution in [3.63, 3.8) is 0 Å². The monoisotopic (exact) mass is 241 g/mol. The molecule has 0 radical (unpaired) electrons. The lowest BCUT2D eigenvalue weighted by Gasteiger charge is -2.37. The van der Waals surface area contributed by atoms with Crippen LogP contribution in [0.15, 0.2) is 0 Å². The lowest BCUT2D eigenvalue weighted by molar-refractivity contribution is 0.166. The Morgan fingerprint density at radius 3 is 2.18 bits per heavy atom. The minimum Gasteiger partial charge on any atom is -0.396 e. The summed E-state index contributed by atoms with van der Waals surface area (Å²) in [6.07, 6.45) is 7.60. The van der Waals surface area contributed by atoms with Gasteiger partial charge in [0.15, 0.2) is 0 Å². The fraction of sp³-hybridized carbons (Fsp3) is 1.00. The van der Waals surface area contributed by atoms with Gasteiger partial charge in [-0.3, -0.25) is 0 Å². The molecule has 2 N–H and O–H groups in total. The Morgan fingerprint density at radius 1 is 1.18 bits per heavy atom. The van der Waals surface area contributed by atoms with Crippen LogP contribution in [0.25, 0.3) is 0 Å². The van der Waals surface area contributed by atoms with E-state index in [0.717, 1.165) is 12.3 Å². The van der Waals surface area contributed by atoms with Crippen LogP contribution in [0.1, 0.15) is 66.2 Å². The van der Waals surface area contributed by atoms with Crippen molar-refractivity contribution in [1.82, 2.24) is 5.32 Å². The zero-order chi connectivity index (χ0) is 12.9. The molecule has 0 aromatic heterocycles. The minimum atomic E-state index is 0.240. The van der Waals surface area contributed by atoms with Crippen LogP contribution in [0.2, 0.25) is 0 Å². The van der Waals surface area contributed by atoms with Gasteiger partial charge in [0.2, 0.25) is 0 Å². The van der Waals surface area contributed by atoms with Crippen LogP contribution < -0.4 is 5.32 Å². The largest absolute Gasteiger partial charge is 0.396 e. The van der Waals surface area contributed by atoms with E-state index in [-0.39, 0.29) is 5.41 Å². The van der Waals surface area contributed by atoms with E-state index in [9.17, 15) is 0 Å². The highest BCUT2D eigenvalue weighted by molar-refractivity contribution is 4.86. The second-order valence-corrected chi connectivity index (χ2v) is 6.72. The summed E-state index contributed by atoms with van der Waals surface area (Å²) in [5, 5.41) is 13.0. The maximum Gasteiger partial charge on any atom is 0.0446 e. The van der Waals surface area contributed by atoms with Gasteiger partial charge in [0, 0.05) is 18.7 Å². The number of aliphatic hydroxyl groups excluding tert-OH is 1. The van der Waals surface area contributed by atoms with Crippen LogP contribution in [-0.2, 0) is 0 Å². The normalized spacial score (nSPS) is 28.1. The molecule has 1 fully saturated rings. The van der Waals surface area contributed by atoms with Gasteiger partial charge in [-0.05, 0) is 43.4 Å². The lowest BCUT2D eigenvalue weighted by atomic mass is 9.81. The maximum atomic E-state index is 9.17. The van der Waals surface area contributed by atoms with Crippen LogP contribution in [-0.4, -0.2) is 23.8 Å². The second-order valence-electron chi connectivity index (χ2n) is 6.72. The van der Waals surface area contributed by atoms with E-state index in [1.54, 1.807) is 0 Å². The minimum absolute atomic E-state index is 0.240. The van der Waals surface area contributed by atoms with Gasteiger partial charge in [-0.15, -0.1) is 0 Å². The van der Waals surface area contributed by atoms with Gasteiger partial charge < -0.3 is 10.4 Å². The molecule has 1 rings (SSSR count). The van der Waals surface area contributed by atoms with Crippen molar-refractivity contribution in [2.75, 3.05) is 6.61 Å². The summed E-state index contributed by atoms with van der Waals surface area (Å²) in [5.74, 6) is 0.957. The Kier molecular flexibility index (Phi) is 5.94. The van der Waals surface area contributed by atoms with Crippen molar-refractivity contribution in [3.05, 3.63) is 0 Å². The first kappa shape index (κ1) is 15.0. The Morgan fingerprint density at radius 2 is 1.76 bits per heavy atom. The van der Waals surface area contributed by atoms with Gasteiger partial charge in [-0.25, -0.2) is 0 Å². The first-order valence-electron chi connectivity index (χ1n) is 7.34. The van der Waals surface area contributed by atoms with E-state index in [1.165, 1.54) is 32.1 Å². The molecule has 0 saturated heterocycles. The van der Waals surface area contributed by atoms with Crippen molar-refractivity contribution in [2.45, 2.75) is 78.3 Å². The molecular formula is C15H31NO. The molecule has 102 valence electrons. The summed E-state index contributed by atoms with van der Waals surface area (Å²) in [6.45, 7) is 9.38. The average molecular weight is 241 g/mol. The first-order valence-corrected chi connectivity index (χ1v) is 7.34. The zero-order valence-electron chi connectivity index (χ0n) is 12.1. The summed E-state index contributed by atoms with van der Waals surface area (Å²) >= 11 is 0. The second kappa shape index (κ2) is 6.75. The molecule has 0 aromatic carbocycles. The molecular weight excluding hydrogens is 210 g/mol. The van der Waals surface area contributed by atoms with E-state index in [1.807, 2.05) is 0 Å². The van der Waals surface area contributed by atoms with Crippen LogP contribution in [0.5, 0.6) is 0 Å². The van der Waals surface area contributed by atoms with Crippen LogP contribution in [0, 0.1) is 11.3 Å². The summed E-state index contributed by atoms with van der Waals surface area (Å²) in [6, 6.07) is 1.12. The van der Waals surface area contributed by atoms with Gasteiger partial charge in [0.25, 0.3) is 0 Å². The third-order valence-corrected chi connectivity index (χ3v) is 4.32. The van der Waals surface area contributed by atoms with Crippen molar-refractivity contribution >= 4 is 0 Å². The van der Waals surface area contributed by atoms with E-state index < -0.39 is 0 Å². The molecule has 1 atom stereocenters. The zero-order valence-corrected chi connectivity index (χ0v) is 12.1. The van der Waals surface area contributed by atoms with Crippen molar-refractivity contribution in [1.29, 1.82) is 0 Å². The van der Waals surface area contributed by atoms with E-state index in [2.05, 4.69) is 33.0 Å². The molecule has 0 aromatic rings. The number of nitrogens with one attached hydrogen (secondary N) is 1. The molecule has 1 saturated carbocycles. The Bertz CT molecular complexity index is 201. The Labute approximate surface area is 107 Å². The average Bonchev–Trinajstić information content (AvgIpc) is 2.28. The van der Waals surface area contributed by atoms with Gasteiger partial charge in [0.05, 0.1) is 0 Å². The fourth-order valence-corrected chi connectivity index (χ4v) is 2.92. The third-order valence-electron chi connectivity index (χ3n) is 4.32. The molecule has 2 heteroatoms. The SMILES string of the molecule is CCC1CCC(NC(CCO)C(C)(C)C)CC1. The fourth-order valence-electron chi connectivity index (χ4n) is 2.92. The summed E-state index contributed by atoms with van der Waals surface area (Å²) in [5.41, 5.74) is 0.240. The van der Waals surface area contributed by atoms with Crippen LogP contribution in [0.4, 0.5) is 0 Å². The van der Waals surface area contributed by atoms with E-state index in [0.29, 0.717) is 18.7 Å². The van der Waals surface area contributed by atoms with Crippen molar-refractivity contribution < 1.29 is 5.11 Å². The molecule has 17 heavy (non-hydrogen) atoms. The molecule has 0 heterocycles. The summed E-state index contributed by atoms with van der Waals surface area (Å²) in [7, 11) is 0. The molecule has 0 spiro atoms. The van der Waals surface area contributed by atoms with Gasteiger partial charge in [-0.1, -0.05) is 34.1 Å². The Hall–Kier alpha value is -0.0800. The molecule has 0 aliphatic heterocycles. The third kappa shape index (κ3) is 4.97. The number of rotatable bonds is 5. The maximum absolute atomic E-state index is 9.17. The highest BCUT2D eigenvalue weighted by atomic mass is 16.3. The lowest BCUT2D eigenvalue weighted by Crippen LogP contribution is -2.47. The molecule has 0 bridgehead atoms. The quantitative estimate of drug-likeness (QED) is 0.773. The highest BCUT2D eigenvalue weighted by Gasteiger charge is 2.28. The Balaban J connectivity index is 2.41. The highest BCUT2D eigenvalue weighted by Crippen LogP contribution is 2.29. The number of aliphatic hydroxyl groups is 1. The van der Waals surface area contributed by atoms with Gasteiger partial charge >= 0.3 is 0 Å². The van der Waals surface area contributed by atoms with E-state index >= 15 is 0 Å². The molecule has 1 unspecified atom stereocenters. The summed E-state index contributed by atoms with van der Waals surface area (Å²) in [4.78, 5) is 0.